The van der Waals surface area contributed by atoms with Gasteiger partial charge in [0.1, 0.15) is 11.5 Å². The largest absolute Gasteiger partial charge is 0.497 e. The molecule has 0 fully saturated rings. The van der Waals surface area contributed by atoms with Crippen LogP contribution in [0.4, 0.5) is 0 Å². The highest BCUT2D eigenvalue weighted by Crippen LogP contribution is 2.16. The number of hydrazone groups is 1. The van der Waals surface area contributed by atoms with Crippen LogP contribution >= 0.6 is 11.6 Å². The Morgan fingerprint density at radius 3 is 2.33 bits per heavy atom. The third kappa shape index (κ3) is 7.19. The van der Waals surface area contributed by atoms with Gasteiger partial charge in [-0.15, -0.1) is 0 Å². The van der Waals surface area contributed by atoms with Crippen molar-refractivity contribution in [3.63, 3.8) is 0 Å². The first-order chi connectivity index (χ1) is 15.9. The van der Waals surface area contributed by atoms with Gasteiger partial charge in [0.2, 0.25) is 0 Å². The van der Waals surface area contributed by atoms with Crippen LogP contribution < -0.4 is 20.2 Å². The Morgan fingerprint density at radius 2 is 1.64 bits per heavy atom. The second-order valence-corrected chi connectivity index (χ2v) is 7.11. The van der Waals surface area contributed by atoms with E-state index >= 15 is 0 Å². The van der Waals surface area contributed by atoms with Crippen LogP contribution in [0.1, 0.15) is 26.3 Å². The number of benzene rings is 3. The molecule has 3 aromatic carbocycles. The average molecular weight is 466 g/mol. The Kier molecular flexibility index (Phi) is 8.15. The van der Waals surface area contributed by atoms with Crippen molar-refractivity contribution in [2.75, 3.05) is 13.7 Å². The van der Waals surface area contributed by atoms with E-state index in [0.29, 0.717) is 33.2 Å². The number of ether oxygens (including phenoxy) is 2. The fraction of sp³-hybridized carbons (Fsp3) is 0.0833. The molecule has 3 rings (SSSR count). The van der Waals surface area contributed by atoms with Crippen molar-refractivity contribution in [3.05, 3.63) is 94.5 Å². The first-order valence-corrected chi connectivity index (χ1v) is 10.1. The summed E-state index contributed by atoms with van der Waals surface area (Å²) in [5.74, 6) is -0.480. The third-order valence-corrected chi connectivity index (χ3v) is 4.57. The number of hydrogen-bond acceptors (Lipinski definition) is 6. The summed E-state index contributed by atoms with van der Waals surface area (Å²) in [5, 5.41) is 6.88. The summed E-state index contributed by atoms with van der Waals surface area (Å²) in [4.78, 5) is 36.2. The summed E-state index contributed by atoms with van der Waals surface area (Å²) in [6, 6.07) is 19.5. The molecular weight excluding hydrogens is 446 g/mol. The van der Waals surface area contributed by atoms with E-state index < -0.39 is 17.8 Å². The number of halogens is 1. The predicted octanol–water partition coefficient (Wildman–Crippen LogP) is 3.45. The van der Waals surface area contributed by atoms with Crippen LogP contribution in [0.2, 0.25) is 5.02 Å². The van der Waals surface area contributed by atoms with Crippen LogP contribution in [0.15, 0.2) is 77.9 Å². The summed E-state index contributed by atoms with van der Waals surface area (Å²) < 4.78 is 10.4. The lowest BCUT2D eigenvalue weighted by molar-refractivity contribution is -0.120. The highest BCUT2D eigenvalue weighted by molar-refractivity contribution is 6.30. The standard InChI is InChI=1S/C24H20ClN3O5/c1-32-20-11-7-17(8-12-20)23(30)26-15-22(29)28-27-14-16-3-2-4-21(13-16)33-24(31)18-5-9-19(25)10-6-18/h2-14H,15H2,1H3,(H,26,30)(H,28,29). The van der Waals surface area contributed by atoms with Gasteiger partial charge in [-0.25, -0.2) is 10.2 Å². The molecule has 0 atom stereocenters. The monoisotopic (exact) mass is 465 g/mol. The maximum atomic E-state index is 12.2. The number of nitrogens with zero attached hydrogens (tertiary/aromatic N) is 1. The number of carbonyl (C=O) groups excluding carboxylic acids is 3. The topological polar surface area (TPSA) is 106 Å². The van der Waals surface area contributed by atoms with Gasteiger partial charge < -0.3 is 14.8 Å². The van der Waals surface area contributed by atoms with Crippen LogP contribution in [-0.4, -0.2) is 37.7 Å². The first-order valence-electron chi connectivity index (χ1n) is 9.76. The lowest BCUT2D eigenvalue weighted by Crippen LogP contribution is -2.34. The summed E-state index contributed by atoms with van der Waals surface area (Å²) in [7, 11) is 1.53. The number of methoxy groups -OCH3 is 1. The number of esters is 1. The lowest BCUT2D eigenvalue weighted by atomic mass is 10.2. The molecule has 33 heavy (non-hydrogen) atoms. The summed E-state index contributed by atoms with van der Waals surface area (Å²) in [6.07, 6.45) is 1.39. The summed E-state index contributed by atoms with van der Waals surface area (Å²) >= 11 is 5.82. The summed E-state index contributed by atoms with van der Waals surface area (Å²) in [5.41, 5.74) is 3.68. The normalized spacial score (nSPS) is 10.5. The van der Waals surface area contributed by atoms with Crippen LogP contribution in [0.5, 0.6) is 11.5 Å². The molecule has 0 aromatic heterocycles. The zero-order valence-corrected chi connectivity index (χ0v) is 18.3. The van der Waals surface area contributed by atoms with E-state index in [9.17, 15) is 14.4 Å². The van der Waals surface area contributed by atoms with E-state index in [1.165, 1.54) is 13.3 Å². The van der Waals surface area contributed by atoms with Crippen molar-refractivity contribution in [1.82, 2.24) is 10.7 Å². The van der Waals surface area contributed by atoms with Gasteiger partial charge in [-0.1, -0.05) is 23.7 Å². The van der Waals surface area contributed by atoms with Gasteiger partial charge in [0.15, 0.2) is 0 Å². The van der Waals surface area contributed by atoms with Crippen molar-refractivity contribution in [3.8, 4) is 11.5 Å². The quantitative estimate of drug-likeness (QED) is 0.229. The Morgan fingerprint density at radius 1 is 0.939 bits per heavy atom. The molecule has 8 nitrogen and oxygen atoms in total. The molecule has 2 N–H and O–H groups in total. The molecule has 0 unspecified atom stereocenters. The van der Waals surface area contributed by atoms with Gasteiger partial charge >= 0.3 is 5.97 Å². The molecule has 0 aliphatic rings. The van der Waals surface area contributed by atoms with E-state index in [-0.39, 0.29) is 6.54 Å². The maximum absolute atomic E-state index is 12.2. The molecule has 9 heteroatoms. The first kappa shape index (κ1) is 23.5. The zero-order chi connectivity index (χ0) is 23.6. The maximum Gasteiger partial charge on any atom is 0.343 e. The number of amides is 2. The minimum absolute atomic E-state index is 0.249. The average Bonchev–Trinajstić information content (AvgIpc) is 2.83. The van der Waals surface area contributed by atoms with Crippen LogP contribution in [0.25, 0.3) is 0 Å². The minimum atomic E-state index is -0.526. The molecule has 0 saturated heterocycles. The fourth-order valence-corrected chi connectivity index (χ4v) is 2.76. The number of carbonyl (C=O) groups is 3. The molecule has 3 aromatic rings. The highest BCUT2D eigenvalue weighted by Gasteiger charge is 2.09. The van der Waals surface area contributed by atoms with Crippen molar-refractivity contribution in [2.45, 2.75) is 0 Å². The van der Waals surface area contributed by atoms with Crippen molar-refractivity contribution >= 4 is 35.6 Å². The molecule has 0 aliphatic heterocycles. The highest BCUT2D eigenvalue weighted by atomic mass is 35.5. The van der Waals surface area contributed by atoms with Gasteiger partial charge in [0.25, 0.3) is 11.8 Å². The molecule has 168 valence electrons. The minimum Gasteiger partial charge on any atom is -0.497 e. The fourth-order valence-electron chi connectivity index (χ4n) is 2.63. The summed E-state index contributed by atoms with van der Waals surface area (Å²) in [6.45, 7) is -0.249. The Balaban J connectivity index is 1.48. The second-order valence-electron chi connectivity index (χ2n) is 6.67. The number of nitrogens with one attached hydrogen (secondary N) is 2. The van der Waals surface area contributed by atoms with E-state index in [1.807, 2.05) is 0 Å². The lowest BCUT2D eigenvalue weighted by Gasteiger charge is -2.06. The number of hydrogen-bond donors (Lipinski definition) is 2. The molecule has 0 heterocycles. The molecule has 0 aliphatic carbocycles. The van der Waals surface area contributed by atoms with E-state index in [4.69, 9.17) is 21.1 Å². The number of rotatable bonds is 8. The van der Waals surface area contributed by atoms with Crippen LogP contribution in [0.3, 0.4) is 0 Å². The SMILES string of the molecule is COc1ccc(C(=O)NCC(=O)NN=Cc2cccc(OC(=O)c3ccc(Cl)cc3)c2)cc1. The van der Waals surface area contributed by atoms with Gasteiger partial charge in [-0.2, -0.15) is 5.10 Å². The Bertz CT molecular complexity index is 1160. The van der Waals surface area contributed by atoms with Gasteiger partial charge in [-0.3, -0.25) is 9.59 Å². The predicted molar refractivity (Wildman–Crippen MR) is 124 cm³/mol. The van der Waals surface area contributed by atoms with Gasteiger partial charge in [0, 0.05) is 10.6 Å². The second kappa shape index (κ2) is 11.4. The third-order valence-electron chi connectivity index (χ3n) is 4.31. The Hall–Kier alpha value is -4.17. The smallest absolute Gasteiger partial charge is 0.343 e. The van der Waals surface area contributed by atoms with Gasteiger partial charge in [-0.05, 0) is 66.2 Å². The van der Waals surface area contributed by atoms with E-state index in [0.717, 1.165) is 0 Å². The van der Waals surface area contributed by atoms with Crippen LogP contribution in [0, 0.1) is 0 Å². The molecule has 2 amide bonds. The molecule has 0 spiro atoms. The van der Waals surface area contributed by atoms with Crippen molar-refractivity contribution < 1.29 is 23.9 Å². The molecule has 0 radical (unpaired) electrons. The molecule has 0 bridgehead atoms. The van der Waals surface area contributed by atoms with Gasteiger partial charge in [0.05, 0.1) is 25.4 Å². The van der Waals surface area contributed by atoms with E-state index in [2.05, 4.69) is 15.8 Å². The molecular formula is C24H20ClN3O5. The Labute approximate surface area is 195 Å². The van der Waals surface area contributed by atoms with Crippen molar-refractivity contribution in [1.29, 1.82) is 0 Å². The van der Waals surface area contributed by atoms with Crippen LogP contribution in [-0.2, 0) is 4.79 Å². The zero-order valence-electron chi connectivity index (χ0n) is 17.6. The van der Waals surface area contributed by atoms with E-state index in [1.54, 1.807) is 72.8 Å². The molecule has 0 saturated carbocycles. The van der Waals surface area contributed by atoms with Crippen molar-refractivity contribution in [2.24, 2.45) is 5.10 Å².